The van der Waals surface area contributed by atoms with Crippen molar-refractivity contribution in [1.29, 1.82) is 0 Å². The summed E-state index contributed by atoms with van der Waals surface area (Å²) >= 11 is 0. The van der Waals surface area contributed by atoms with E-state index < -0.39 is 18.0 Å². The Labute approximate surface area is 131 Å². The Hall–Kier alpha value is -2.49. The summed E-state index contributed by atoms with van der Waals surface area (Å²) in [6.07, 6.45) is 0.910. The Morgan fingerprint density at radius 2 is 1.52 bits per heavy atom. The van der Waals surface area contributed by atoms with Gasteiger partial charge in [-0.1, -0.05) is 54.6 Å². The molecule has 2 unspecified atom stereocenters. The number of aliphatic hydroxyl groups excluding tert-OH is 2. The highest BCUT2D eigenvalue weighted by atomic mass is 19.1. The summed E-state index contributed by atoms with van der Waals surface area (Å²) in [5.74, 6) is -0.443. The van der Waals surface area contributed by atoms with E-state index in [1.54, 1.807) is 12.1 Å². The zero-order chi connectivity index (χ0) is 15.7. The van der Waals surface area contributed by atoms with E-state index in [2.05, 4.69) is 0 Å². The van der Waals surface area contributed by atoms with Gasteiger partial charge < -0.3 is 10.2 Å². The number of aliphatic hydroxyl groups is 2. The lowest BCUT2D eigenvalue weighted by Gasteiger charge is -2.25. The topological polar surface area (TPSA) is 40.5 Å². The minimum Gasteiger partial charge on any atom is -0.386 e. The van der Waals surface area contributed by atoms with Gasteiger partial charge in [0.25, 0.3) is 0 Å². The van der Waals surface area contributed by atoms with Crippen molar-refractivity contribution in [3.63, 3.8) is 0 Å². The second kappa shape index (κ2) is 4.28. The van der Waals surface area contributed by atoms with Gasteiger partial charge in [-0.25, -0.2) is 4.39 Å². The van der Waals surface area contributed by atoms with E-state index in [1.165, 1.54) is 6.08 Å². The van der Waals surface area contributed by atoms with E-state index >= 15 is 4.39 Å². The molecule has 4 aromatic carbocycles. The van der Waals surface area contributed by atoms with Crippen LogP contribution in [0.1, 0.15) is 17.2 Å². The van der Waals surface area contributed by atoms with Gasteiger partial charge in [0.15, 0.2) is 0 Å². The molecule has 112 valence electrons. The summed E-state index contributed by atoms with van der Waals surface area (Å²) in [5.41, 5.74) is 0.844. The van der Waals surface area contributed by atoms with Gasteiger partial charge in [0.1, 0.15) is 18.0 Å². The molecule has 2 atom stereocenters. The Balaban J connectivity index is 2.10. The van der Waals surface area contributed by atoms with Crippen molar-refractivity contribution >= 4 is 38.4 Å². The van der Waals surface area contributed by atoms with Gasteiger partial charge >= 0.3 is 0 Å². The Kier molecular flexibility index (Phi) is 2.42. The monoisotopic (exact) mass is 304 g/mol. The molecule has 0 spiro atoms. The summed E-state index contributed by atoms with van der Waals surface area (Å²) in [4.78, 5) is 0. The van der Waals surface area contributed by atoms with Crippen LogP contribution in [0.2, 0.25) is 0 Å². The summed E-state index contributed by atoms with van der Waals surface area (Å²) in [6.45, 7) is 0. The lowest BCUT2D eigenvalue weighted by Crippen LogP contribution is -2.21. The van der Waals surface area contributed by atoms with Gasteiger partial charge in [-0.2, -0.15) is 0 Å². The van der Waals surface area contributed by atoms with Gasteiger partial charge in [-0.15, -0.1) is 0 Å². The van der Waals surface area contributed by atoms with Crippen LogP contribution in [0.4, 0.5) is 4.39 Å². The van der Waals surface area contributed by atoms with Crippen LogP contribution in [-0.4, -0.2) is 16.3 Å². The van der Waals surface area contributed by atoms with Crippen LogP contribution >= 0.6 is 0 Å². The first-order chi connectivity index (χ1) is 11.2. The predicted molar refractivity (Wildman–Crippen MR) is 90.1 cm³/mol. The molecule has 4 aromatic rings. The van der Waals surface area contributed by atoms with E-state index in [4.69, 9.17) is 0 Å². The van der Waals surface area contributed by atoms with Crippen molar-refractivity contribution in [1.82, 2.24) is 0 Å². The highest BCUT2D eigenvalue weighted by Crippen LogP contribution is 2.43. The smallest absolute Gasteiger partial charge is 0.137 e. The van der Waals surface area contributed by atoms with E-state index in [1.807, 2.05) is 36.4 Å². The molecule has 1 aliphatic rings. The molecule has 5 rings (SSSR count). The maximum atomic E-state index is 15.1. The maximum Gasteiger partial charge on any atom is 0.137 e. The molecule has 3 heteroatoms. The SMILES string of the molecule is OC1C=Cc2c(c(F)c3ccc4cccc5ccc2c3c45)C1O. The molecule has 1 aliphatic carbocycles. The highest BCUT2D eigenvalue weighted by molar-refractivity contribution is 6.24. The van der Waals surface area contributed by atoms with Crippen LogP contribution in [0.15, 0.2) is 48.5 Å². The van der Waals surface area contributed by atoms with Gasteiger partial charge in [0, 0.05) is 16.3 Å². The molecule has 2 nitrogen and oxygen atoms in total. The van der Waals surface area contributed by atoms with Gasteiger partial charge in [-0.05, 0) is 27.1 Å². The molecule has 2 N–H and O–H groups in total. The molecule has 0 aliphatic heterocycles. The maximum absolute atomic E-state index is 15.1. The molecule has 0 radical (unpaired) electrons. The van der Waals surface area contributed by atoms with Crippen LogP contribution in [0.5, 0.6) is 0 Å². The highest BCUT2D eigenvalue weighted by Gasteiger charge is 2.29. The third-order valence-corrected chi connectivity index (χ3v) is 4.91. The molecule has 0 aromatic heterocycles. The van der Waals surface area contributed by atoms with Crippen LogP contribution in [0.25, 0.3) is 38.4 Å². The van der Waals surface area contributed by atoms with E-state index in [0.717, 1.165) is 26.9 Å². The molecular formula is C20H13FO2. The first-order valence-corrected chi connectivity index (χ1v) is 7.60. The summed E-state index contributed by atoms with van der Waals surface area (Å²) in [6, 6.07) is 13.7. The van der Waals surface area contributed by atoms with Gasteiger partial charge in [0.05, 0.1) is 0 Å². The molecule has 0 amide bonds. The van der Waals surface area contributed by atoms with E-state index in [9.17, 15) is 10.2 Å². The van der Waals surface area contributed by atoms with Crippen molar-refractivity contribution in [3.05, 3.63) is 65.5 Å². The lowest BCUT2D eigenvalue weighted by molar-refractivity contribution is 0.0448. The Morgan fingerprint density at radius 1 is 0.826 bits per heavy atom. The van der Waals surface area contributed by atoms with Crippen molar-refractivity contribution < 1.29 is 14.6 Å². The third kappa shape index (κ3) is 1.53. The lowest BCUT2D eigenvalue weighted by atomic mass is 9.84. The average Bonchev–Trinajstić information content (AvgIpc) is 2.57. The first-order valence-electron chi connectivity index (χ1n) is 7.60. The van der Waals surface area contributed by atoms with Crippen LogP contribution in [0, 0.1) is 5.82 Å². The van der Waals surface area contributed by atoms with Crippen LogP contribution in [0.3, 0.4) is 0 Å². The molecule has 0 heterocycles. The van der Waals surface area contributed by atoms with Crippen LogP contribution in [-0.2, 0) is 0 Å². The number of halogens is 1. The largest absolute Gasteiger partial charge is 0.386 e. The Bertz CT molecular complexity index is 1100. The Morgan fingerprint density at radius 3 is 2.26 bits per heavy atom. The standard InChI is InChI=1S/C20H13FO2/c21-19-14-7-5-11-3-1-2-10-4-6-12(17(14)16(10)11)13-8-9-15(22)20(23)18(13)19/h1-9,15,20,22-23H. The minimum atomic E-state index is -1.24. The second-order valence-corrected chi connectivity index (χ2v) is 6.12. The summed E-state index contributed by atoms with van der Waals surface area (Å²) < 4.78 is 15.1. The number of fused-ring (bicyclic) bond motifs is 2. The average molecular weight is 304 g/mol. The number of hydrogen-bond acceptors (Lipinski definition) is 2. The number of rotatable bonds is 0. The summed E-state index contributed by atoms with van der Waals surface area (Å²) in [7, 11) is 0. The number of benzene rings is 4. The fraction of sp³-hybridized carbons (Fsp3) is 0.100. The quantitative estimate of drug-likeness (QED) is 0.479. The van der Waals surface area contributed by atoms with Crippen LogP contribution < -0.4 is 0 Å². The molecular weight excluding hydrogens is 291 g/mol. The molecule has 0 bridgehead atoms. The third-order valence-electron chi connectivity index (χ3n) is 4.91. The predicted octanol–water partition coefficient (Wildman–Crippen LogP) is 4.14. The normalized spacial score (nSPS) is 20.7. The van der Waals surface area contributed by atoms with Gasteiger partial charge in [-0.3, -0.25) is 0 Å². The molecule has 23 heavy (non-hydrogen) atoms. The molecule has 0 saturated carbocycles. The first kappa shape index (κ1) is 13.0. The van der Waals surface area contributed by atoms with E-state index in [0.29, 0.717) is 10.9 Å². The molecule has 0 fully saturated rings. The summed E-state index contributed by atoms with van der Waals surface area (Å²) in [5, 5.41) is 25.6. The molecule has 0 saturated heterocycles. The zero-order valence-corrected chi connectivity index (χ0v) is 12.1. The fourth-order valence-electron chi connectivity index (χ4n) is 3.84. The second-order valence-electron chi connectivity index (χ2n) is 6.12. The van der Waals surface area contributed by atoms with E-state index in [-0.39, 0.29) is 5.56 Å². The number of hydrogen-bond donors (Lipinski definition) is 2. The van der Waals surface area contributed by atoms with Crippen molar-refractivity contribution in [2.24, 2.45) is 0 Å². The van der Waals surface area contributed by atoms with Crippen molar-refractivity contribution in [2.45, 2.75) is 12.2 Å². The fourth-order valence-corrected chi connectivity index (χ4v) is 3.84. The van der Waals surface area contributed by atoms with Gasteiger partial charge in [0.2, 0.25) is 0 Å². The van der Waals surface area contributed by atoms with Crippen molar-refractivity contribution in [2.75, 3.05) is 0 Å². The zero-order valence-electron chi connectivity index (χ0n) is 12.1. The minimum absolute atomic E-state index is 0.186. The van der Waals surface area contributed by atoms with Crippen molar-refractivity contribution in [3.8, 4) is 0 Å².